The van der Waals surface area contributed by atoms with Gasteiger partial charge in [-0.3, -0.25) is 9.48 Å². The number of hydrogen-bond acceptors (Lipinski definition) is 4. The standard InChI is InChI=1S/C23H30N4O2/c1-17(21-10-9-18(2)29-21)11-14-26-12-6-13-27(16-15-26)23(28)22-19-7-4-5-8-20(19)25(3)24-22/h4-5,7-10,17H,6,11-16H2,1-3H3. The van der Waals surface area contributed by atoms with Crippen LogP contribution in [0.15, 0.2) is 40.8 Å². The van der Waals surface area contributed by atoms with Crippen molar-refractivity contribution in [1.82, 2.24) is 19.6 Å². The van der Waals surface area contributed by atoms with Crippen LogP contribution in [0.2, 0.25) is 0 Å². The summed E-state index contributed by atoms with van der Waals surface area (Å²) in [6.45, 7) is 8.69. The van der Waals surface area contributed by atoms with Crippen molar-refractivity contribution in [2.45, 2.75) is 32.6 Å². The zero-order valence-corrected chi connectivity index (χ0v) is 17.6. The van der Waals surface area contributed by atoms with E-state index in [0.717, 1.165) is 68.0 Å². The number of nitrogens with zero attached hydrogens (tertiary/aromatic N) is 4. The summed E-state index contributed by atoms with van der Waals surface area (Å²) >= 11 is 0. The number of rotatable bonds is 5. The van der Waals surface area contributed by atoms with Crippen molar-refractivity contribution in [3.05, 3.63) is 53.6 Å². The van der Waals surface area contributed by atoms with Crippen molar-refractivity contribution in [1.29, 1.82) is 0 Å². The SMILES string of the molecule is Cc1ccc(C(C)CCN2CCCN(C(=O)c3nn(C)c4ccccc34)CC2)o1. The maximum absolute atomic E-state index is 13.2. The van der Waals surface area contributed by atoms with Gasteiger partial charge in [-0.2, -0.15) is 5.10 Å². The van der Waals surface area contributed by atoms with Gasteiger partial charge in [0.25, 0.3) is 5.91 Å². The van der Waals surface area contributed by atoms with Crippen molar-refractivity contribution in [3.63, 3.8) is 0 Å². The number of para-hydroxylation sites is 1. The van der Waals surface area contributed by atoms with Gasteiger partial charge < -0.3 is 14.2 Å². The molecule has 1 unspecified atom stereocenters. The molecule has 0 saturated carbocycles. The van der Waals surface area contributed by atoms with Crippen molar-refractivity contribution in [3.8, 4) is 0 Å². The molecule has 3 aromatic rings. The molecule has 1 aromatic carbocycles. The molecule has 0 aliphatic carbocycles. The summed E-state index contributed by atoms with van der Waals surface area (Å²) in [4.78, 5) is 17.6. The lowest BCUT2D eigenvalue weighted by Gasteiger charge is -2.22. The third-order valence-corrected chi connectivity index (χ3v) is 5.96. The average molecular weight is 395 g/mol. The number of furan rings is 1. The van der Waals surface area contributed by atoms with Crippen molar-refractivity contribution >= 4 is 16.8 Å². The lowest BCUT2D eigenvalue weighted by molar-refractivity contribution is 0.0756. The largest absolute Gasteiger partial charge is 0.466 e. The fraction of sp³-hybridized carbons (Fsp3) is 0.478. The lowest BCUT2D eigenvalue weighted by atomic mass is 10.0. The fourth-order valence-electron chi connectivity index (χ4n) is 4.16. The molecule has 0 spiro atoms. The van der Waals surface area contributed by atoms with E-state index < -0.39 is 0 Å². The second-order valence-electron chi connectivity index (χ2n) is 8.11. The molecule has 1 aliphatic heterocycles. The summed E-state index contributed by atoms with van der Waals surface area (Å²) < 4.78 is 7.56. The molecule has 0 N–H and O–H groups in total. The highest BCUT2D eigenvalue weighted by molar-refractivity contribution is 6.04. The molecule has 1 amide bonds. The maximum Gasteiger partial charge on any atom is 0.275 e. The molecule has 6 heteroatoms. The number of fused-ring (bicyclic) bond motifs is 1. The number of amides is 1. The van der Waals surface area contributed by atoms with Gasteiger partial charge >= 0.3 is 0 Å². The van der Waals surface area contributed by atoms with E-state index in [0.29, 0.717) is 11.6 Å². The van der Waals surface area contributed by atoms with Gasteiger partial charge in [-0.1, -0.05) is 25.1 Å². The predicted octanol–water partition coefficient (Wildman–Crippen LogP) is 3.82. The van der Waals surface area contributed by atoms with Crippen LogP contribution in [0, 0.1) is 6.92 Å². The van der Waals surface area contributed by atoms with Crippen molar-refractivity contribution < 1.29 is 9.21 Å². The Hall–Kier alpha value is -2.60. The Balaban J connectivity index is 1.36. The quantitative estimate of drug-likeness (QED) is 0.660. The Morgan fingerprint density at radius 3 is 2.76 bits per heavy atom. The van der Waals surface area contributed by atoms with E-state index in [1.807, 2.05) is 49.2 Å². The molecule has 1 atom stereocenters. The number of hydrogen-bond donors (Lipinski definition) is 0. The number of aromatic nitrogens is 2. The molecule has 0 bridgehead atoms. The van der Waals surface area contributed by atoms with Gasteiger partial charge in [0.05, 0.1) is 5.52 Å². The topological polar surface area (TPSA) is 54.5 Å². The van der Waals surface area contributed by atoms with Crippen molar-refractivity contribution in [2.75, 3.05) is 32.7 Å². The van der Waals surface area contributed by atoms with Crippen LogP contribution in [0.25, 0.3) is 10.9 Å². The highest BCUT2D eigenvalue weighted by Gasteiger charge is 2.24. The summed E-state index contributed by atoms with van der Waals surface area (Å²) in [6.07, 6.45) is 2.05. The first-order chi connectivity index (χ1) is 14.0. The lowest BCUT2D eigenvalue weighted by Crippen LogP contribution is -2.36. The van der Waals surface area contributed by atoms with Crippen LogP contribution in [0.4, 0.5) is 0 Å². The highest BCUT2D eigenvalue weighted by Crippen LogP contribution is 2.23. The normalized spacial score (nSPS) is 16.9. The molecule has 6 nitrogen and oxygen atoms in total. The smallest absolute Gasteiger partial charge is 0.275 e. The van der Waals surface area contributed by atoms with Gasteiger partial charge in [-0.05, 0) is 51.1 Å². The van der Waals surface area contributed by atoms with E-state index in [1.54, 1.807) is 4.68 Å². The highest BCUT2D eigenvalue weighted by atomic mass is 16.3. The van der Waals surface area contributed by atoms with Gasteiger partial charge in [0.15, 0.2) is 5.69 Å². The number of carbonyl (C=O) groups is 1. The van der Waals surface area contributed by atoms with Gasteiger partial charge in [-0.25, -0.2) is 0 Å². The second-order valence-corrected chi connectivity index (χ2v) is 8.11. The molecular formula is C23H30N4O2. The van der Waals surface area contributed by atoms with E-state index >= 15 is 0 Å². The van der Waals surface area contributed by atoms with E-state index in [2.05, 4.69) is 23.0 Å². The van der Waals surface area contributed by atoms with Gasteiger partial charge in [0.2, 0.25) is 0 Å². The molecule has 3 heterocycles. The number of carbonyl (C=O) groups excluding carboxylic acids is 1. The molecular weight excluding hydrogens is 364 g/mol. The molecule has 29 heavy (non-hydrogen) atoms. The van der Waals surface area contributed by atoms with E-state index in [1.165, 1.54) is 0 Å². The third-order valence-electron chi connectivity index (χ3n) is 5.96. The predicted molar refractivity (Wildman–Crippen MR) is 114 cm³/mol. The Morgan fingerprint density at radius 2 is 1.97 bits per heavy atom. The molecule has 1 aliphatic rings. The van der Waals surface area contributed by atoms with E-state index in [9.17, 15) is 4.79 Å². The minimum Gasteiger partial charge on any atom is -0.466 e. The summed E-state index contributed by atoms with van der Waals surface area (Å²) in [6, 6.07) is 12.0. The monoisotopic (exact) mass is 394 g/mol. The van der Waals surface area contributed by atoms with Crippen LogP contribution in [0.5, 0.6) is 0 Å². The third kappa shape index (κ3) is 4.22. The summed E-state index contributed by atoms with van der Waals surface area (Å²) in [5.74, 6) is 2.49. The maximum atomic E-state index is 13.2. The number of aryl methyl sites for hydroxylation is 2. The summed E-state index contributed by atoms with van der Waals surface area (Å²) in [5.41, 5.74) is 1.56. The Morgan fingerprint density at radius 1 is 1.14 bits per heavy atom. The summed E-state index contributed by atoms with van der Waals surface area (Å²) in [7, 11) is 1.89. The van der Waals surface area contributed by atoms with Gasteiger partial charge in [0, 0.05) is 38.0 Å². The van der Waals surface area contributed by atoms with E-state index in [4.69, 9.17) is 4.42 Å². The van der Waals surface area contributed by atoms with Crippen LogP contribution in [-0.4, -0.2) is 58.2 Å². The molecule has 154 valence electrons. The first kappa shape index (κ1) is 19.7. The Bertz CT molecular complexity index is 990. The molecule has 4 rings (SSSR count). The Labute approximate surface area is 172 Å². The van der Waals surface area contributed by atoms with Crippen LogP contribution in [0.3, 0.4) is 0 Å². The first-order valence-corrected chi connectivity index (χ1v) is 10.5. The summed E-state index contributed by atoms with van der Waals surface area (Å²) in [5, 5.41) is 5.44. The first-order valence-electron chi connectivity index (χ1n) is 10.5. The van der Waals surface area contributed by atoms with Gasteiger partial charge in [-0.15, -0.1) is 0 Å². The van der Waals surface area contributed by atoms with Crippen LogP contribution < -0.4 is 0 Å². The minimum atomic E-state index is 0.0445. The zero-order valence-electron chi connectivity index (χ0n) is 17.6. The second kappa shape index (κ2) is 8.41. The van der Waals surface area contributed by atoms with Gasteiger partial charge in [0.1, 0.15) is 11.5 Å². The average Bonchev–Trinajstić information content (AvgIpc) is 3.21. The van der Waals surface area contributed by atoms with Crippen LogP contribution >= 0.6 is 0 Å². The van der Waals surface area contributed by atoms with Crippen LogP contribution in [0.1, 0.15) is 47.7 Å². The number of benzene rings is 1. The molecule has 0 radical (unpaired) electrons. The zero-order chi connectivity index (χ0) is 20.4. The van der Waals surface area contributed by atoms with E-state index in [-0.39, 0.29) is 5.91 Å². The molecule has 1 saturated heterocycles. The fourth-order valence-corrected chi connectivity index (χ4v) is 4.16. The molecule has 1 fully saturated rings. The minimum absolute atomic E-state index is 0.0445. The van der Waals surface area contributed by atoms with Crippen molar-refractivity contribution in [2.24, 2.45) is 7.05 Å². The Kier molecular flexibility index (Phi) is 5.72. The van der Waals surface area contributed by atoms with Crippen LogP contribution in [-0.2, 0) is 7.05 Å². The molecule has 2 aromatic heterocycles.